The Balaban J connectivity index is 2.12. The number of benzene rings is 1. The number of hydrogen-bond acceptors (Lipinski definition) is 2. The second-order valence-corrected chi connectivity index (χ2v) is 4.69. The lowest BCUT2D eigenvalue weighted by Crippen LogP contribution is -2.17. The van der Waals surface area contributed by atoms with E-state index in [0.717, 1.165) is 17.3 Å². The summed E-state index contributed by atoms with van der Waals surface area (Å²) in [6.07, 6.45) is 1.63. The van der Waals surface area contributed by atoms with E-state index in [2.05, 4.69) is 28.1 Å². The number of hydrogen-bond donors (Lipinski definition) is 0. The lowest BCUT2D eigenvalue weighted by atomic mass is 10.1. The van der Waals surface area contributed by atoms with Crippen molar-refractivity contribution in [1.82, 2.24) is 0 Å². The summed E-state index contributed by atoms with van der Waals surface area (Å²) in [6.45, 7) is 2.31. The molecule has 0 bridgehead atoms. The third-order valence-electron chi connectivity index (χ3n) is 2.72. The first-order valence-electron chi connectivity index (χ1n) is 5.14. The summed E-state index contributed by atoms with van der Waals surface area (Å²) in [4.78, 5) is 11.6. The number of fused-ring (bicyclic) bond motifs is 1. The zero-order valence-corrected chi connectivity index (χ0v) is 10.2. The van der Waals surface area contributed by atoms with Crippen molar-refractivity contribution in [2.45, 2.75) is 19.8 Å². The van der Waals surface area contributed by atoms with Crippen molar-refractivity contribution >= 4 is 21.9 Å². The van der Waals surface area contributed by atoms with Crippen LogP contribution in [0.5, 0.6) is 0 Å². The summed E-state index contributed by atoms with van der Waals surface area (Å²) in [5, 5.41) is 0. The van der Waals surface area contributed by atoms with E-state index in [4.69, 9.17) is 4.74 Å². The maximum atomic E-state index is 11.6. The normalized spacial score (nSPS) is 18.7. The predicted octanol–water partition coefficient (Wildman–Crippen LogP) is 2.73. The molecule has 0 amide bonds. The number of ether oxygens (including phenoxy) is 1. The first-order chi connectivity index (χ1) is 7.20. The fraction of sp³-hybridized carbons (Fsp3) is 0.417. The molecule has 15 heavy (non-hydrogen) atoms. The molecule has 2 rings (SSSR count). The minimum Gasteiger partial charge on any atom is -0.466 e. The lowest BCUT2D eigenvalue weighted by Gasteiger charge is -2.06. The van der Waals surface area contributed by atoms with Crippen molar-refractivity contribution in [3.8, 4) is 0 Å². The van der Waals surface area contributed by atoms with Crippen LogP contribution in [0.1, 0.15) is 18.1 Å². The molecule has 3 heteroatoms. The van der Waals surface area contributed by atoms with Gasteiger partial charge in [0, 0.05) is 4.47 Å². The molecule has 80 valence electrons. The highest BCUT2D eigenvalue weighted by Crippen LogP contribution is 2.29. The van der Waals surface area contributed by atoms with E-state index in [-0.39, 0.29) is 11.9 Å². The van der Waals surface area contributed by atoms with Crippen molar-refractivity contribution in [3.05, 3.63) is 33.8 Å². The quantitative estimate of drug-likeness (QED) is 0.772. The zero-order valence-electron chi connectivity index (χ0n) is 8.63. The topological polar surface area (TPSA) is 26.3 Å². The predicted molar refractivity (Wildman–Crippen MR) is 61.7 cm³/mol. The molecule has 0 N–H and O–H groups in total. The molecule has 0 spiro atoms. The van der Waals surface area contributed by atoms with Gasteiger partial charge in [0.25, 0.3) is 0 Å². The van der Waals surface area contributed by atoms with E-state index < -0.39 is 0 Å². The van der Waals surface area contributed by atoms with Crippen LogP contribution in [0.4, 0.5) is 0 Å². The molecule has 1 aromatic rings. The van der Waals surface area contributed by atoms with Crippen LogP contribution in [0.25, 0.3) is 0 Å². The molecule has 1 aromatic carbocycles. The Morgan fingerprint density at radius 2 is 2.20 bits per heavy atom. The second-order valence-electron chi connectivity index (χ2n) is 3.77. The highest BCUT2D eigenvalue weighted by Gasteiger charge is 2.28. The van der Waals surface area contributed by atoms with Gasteiger partial charge in [-0.15, -0.1) is 0 Å². The Kier molecular flexibility index (Phi) is 3.10. The molecular weight excluding hydrogens is 256 g/mol. The van der Waals surface area contributed by atoms with E-state index >= 15 is 0 Å². The van der Waals surface area contributed by atoms with Gasteiger partial charge in [-0.2, -0.15) is 0 Å². The lowest BCUT2D eigenvalue weighted by molar-refractivity contribution is -0.147. The molecular formula is C12H13BrO2. The van der Waals surface area contributed by atoms with Gasteiger partial charge in [0.2, 0.25) is 0 Å². The van der Waals surface area contributed by atoms with E-state index in [9.17, 15) is 4.79 Å². The van der Waals surface area contributed by atoms with E-state index in [1.165, 1.54) is 11.1 Å². The smallest absolute Gasteiger partial charge is 0.309 e. The Bertz CT molecular complexity index is 387. The van der Waals surface area contributed by atoms with Gasteiger partial charge in [-0.05, 0) is 43.0 Å². The minimum absolute atomic E-state index is 0.0225. The maximum absolute atomic E-state index is 11.6. The summed E-state index contributed by atoms with van der Waals surface area (Å²) >= 11 is 3.44. The van der Waals surface area contributed by atoms with Crippen LogP contribution < -0.4 is 0 Å². The summed E-state index contributed by atoms with van der Waals surface area (Å²) in [7, 11) is 0. The van der Waals surface area contributed by atoms with Crippen LogP contribution in [-0.4, -0.2) is 12.6 Å². The highest BCUT2D eigenvalue weighted by atomic mass is 79.9. The molecule has 1 atom stereocenters. The summed E-state index contributed by atoms with van der Waals surface area (Å²) in [6, 6.07) is 6.19. The van der Waals surface area contributed by atoms with Gasteiger partial charge < -0.3 is 4.74 Å². The van der Waals surface area contributed by atoms with Crippen LogP contribution >= 0.6 is 15.9 Å². The SMILES string of the molecule is CCOC(=O)[C@@H]1Cc2ccc(Br)cc2C1. The van der Waals surface area contributed by atoms with E-state index in [1.54, 1.807) is 0 Å². The second kappa shape index (κ2) is 4.35. The molecule has 0 unspecified atom stereocenters. The van der Waals surface area contributed by atoms with Crippen LogP contribution in [0.3, 0.4) is 0 Å². The third-order valence-corrected chi connectivity index (χ3v) is 3.21. The van der Waals surface area contributed by atoms with Crippen molar-refractivity contribution in [1.29, 1.82) is 0 Å². The molecule has 0 aromatic heterocycles. The molecule has 0 fully saturated rings. The largest absolute Gasteiger partial charge is 0.466 e. The van der Waals surface area contributed by atoms with E-state index in [0.29, 0.717) is 6.61 Å². The molecule has 1 aliphatic rings. The first kappa shape index (κ1) is 10.7. The van der Waals surface area contributed by atoms with Crippen LogP contribution in [-0.2, 0) is 22.4 Å². The molecule has 0 saturated heterocycles. The van der Waals surface area contributed by atoms with Gasteiger partial charge >= 0.3 is 5.97 Å². The van der Waals surface area contributed by atoms with Gasteiger partial charge in [0.05, 0.1) is 12.5 Å². The fourth-order valence-electron chi connectivity index (χ4n) is 2.01. The number of carbonyl (C=O) groups excluding carboxylic acids is 1. The fourth-order valence-corrected chi connectivity index (χ4v) is 2.42. The summed E-state index contributed by atoms with van der Waals surface area (Å²) < 4.78 is 6.11. The highest BCUT2D eigenvalue weighted by molar-refractivity contribution is 9.10. The van der Waals surface area contributed by atoms with Crippen LogP contribution in [0.15, 0.2) is 22.7 Å². The van der Waals surface area contributed by atoms with Crippen molar-refractivity contribution < 1.29 is 9.53 Å². The van der Waals surface area contributed by atoms with Crippen molar-refractivity contribution in [2.75, 3.05) is 6.61 Å². The average Bonchev–Trinajstić information content (AvgIpc) is 2.60. The third kappa shape index (κ3) is 2.23. The maximum Gasteiger partial charge on any atom is 0.309 e. The Morgan fingerprint density at radius 3 is 2.93 bits per heavy atom. The zero-order chi connectivity index (χ0) is 10.8. The number of carbonyl (C=O) groups is 1. The summed E-state index contributed by atoms with van der Waals surface area (Å²) in [5.41, 5.74) is 2.54. The van der Waals surface area contributed by atoms with Crippen molar-refractivity contribution in [3.63, 3.8) is 0 Å². The average molecular weight is 269 g/mol. The first-order valence-corrected chi connectivity index (χ1v) is 5.94. The molecule has 2 nitrogen and oxygen atoms in total. The number of rotatable bonds is 2. The van der Waals surface area contributed by atoms with E-state index in [1.807, 2.05) is 13.0 Å². The summed E-state index contributed by atoms with van der Waals surface area (Å²) in [5.74, 6) is -0.0425. The number of halogens is 1. The van der Waals surface area contributed by atoms with Gasteiger partial charge in [0.1, 0.15) is 0 Å². The van der Waals surface area contributed by atoms with Gasteiger partial charge in [-0.25, -0.2) is 0 Å². The van der Waals surface area contributed by atoms with Gasteiger partial charge in [-0.1, -0.05) is 22.0 Å². The van der Waals surface area contributed by atoms with Gasteiger partial charge in [-0.3, -0.25) is 4.79 Å². The Labute approximate surface area is 97.8 Å². The van der Waals surface area contributed by atoms with Gasteiger partial charge in [0.15, 0.2) is 0 Å². The molecule has 0 heterocycles. The standard InChI is InChI=1S/C12H13BrO2/c1-2-15-12(14)10-5-8-3-4-11(13)7-9(8)6-10/h3-4,7,10H,2,5-6H2,1H3/t10-/m1/s1. The van der Waals surface area contributed by atoms with Crippen LogP contribution in [0, 0.1) is 5.92 Å². The molecule has 0 aliphatic heterocycles. The van der Waals surface area contributed by atoms with Crippen molar-refractivity contribution in [2.24, 2.45) is 5.92 Å². The Hall–Kier alpha value is -0.830. The monoisotopic (exact) mass is 268 g/mol. The minimum atomic E-state index is -0.0650. The van der Waals surface area contributed by atoms with Crippen LogP contribution in [0.2, 0.25) is 0 Å². The molecule has 0 radical (unpaired) electrons. The number of esters is 1. The molecule has 1 aliphatic carbocycles. The molecule has 0 saturated carbocycles. The Morgan fingerprint density at radius 1 is 1.47 bits per heavy atom.